The summed E-state index contributed by atoms with van der Waals surface area (Å²) in [7, 11) is 0. The van der Waals surface area contributed by atoms with Gasteiger partial charge in [-0.05, 0) is 19.3 Å². The molecule has 88 valence electrons. The Hall–Kier alpha value is -0.530. The number of unbranched alkanes of at least 4 members (excludes halogenated alkanes) is 1. The first-order valence-corrected chi connectivity index (χ1v) is 6.37. The Kier molecular flexibility index (Phi) is 4.62. The minimum atomic E-state index is 0.168. The molecule has 0 bridgehead atoms. The molecule has 1 aliphatic rings. The molecule has 0 aromatic heterocycles. The summed E-state index contributed by atoms with van der Waals surface area (Å²) in [6.07, 6.45) is 5.93. The lowest BCUT2D eigenvalue weighted by molar-refractivity contribution is 0.257. The maximum atomic E-state index is 5.76. The first-order chi connectivity index (χ1) is 7.16. The molecule has 0 aliphatic carbocycles. The Balaban J connectivity index is 2.57. The highest BCUT2D eigenvalue weighted by Crippen LogP contribution is 2.31. The average Bonchev–Trinajstić information content (AvgIpc) is 2.74. The van der Waals surface area contributed by atoms with E-state index >= 15 is 0 Å². The van der Waals surface area contributed by atoms with Gasteiger partial charge >= 0.3 is 0 Å². The molecule has 15 heavy (non-hydrogen) atoms. The van der Waals surface area contributed by atoms with Gasteiger partial charge in [-0.25, -0.2) is 4.99 Å². The maximum absolute atomic E-state index is 5.76. The van der Waals surface area contributed by atoms with E-state index in [2.05, 4.69) is 27.7 Å². The van der Waals surface area contributed by atoms with Crippen molar-refractivity contribution in [1.29, 1.82) is 0 Å². The van der Waals surface area contributed by atoms with Crippen molar-refractivity contribution in [2.75, 3.05) is 6.61 Å². The predicted octanol–water partition coefficient (Wildman–Crippen LogP) is 3.80. The molecule has 1 aliphatic heterocycles. The van der Waals surface area contributed by atoms with E-state index in [0.717, 1.165) is 25.3 Å². The minimum absolute atomic E-state index is 0.168. The maximum Gasteiger partial charge on any atom is 0.189 e. The Labute approximate surface area is 94.1 Å². The normalized spacial score (nSPS) is 21.3. The molecule has 2 nitrogen and oxygen atoms in total. The molecule has 0 unspecified atom stereocenters. The van der Waals surface area contributed by atoms with E-state index in [1.807, 2.05) is 0 Å². The average molecular weight is 211 g/mol. The van der Waals surface area contributed by atoms with E-state index in [1.165, 1.54) is 19.3 Å². The first-order valence-electron chi connectivity index (χ1n) is 6.37. The SMILES string of the molecule is CCCC[C@H]1COC(C(C)(CC)CC)=N1. The summed E-state index contributed by atoms with van der Waals surface area (Å²) in [4.78, 5) is 4.73. The third-order valence-corrected chi connectivity index (χ3v) is 3.68. The van der Waals surface area contributed by atoms with E-state index in [4.69, 9.17) is 9.73 Å². The Morgan fingerprint density at radius 3 is 2.53 bits per heavy atom. The summed E-state index contributed by atoms with van der Waals surface area (Å²) < 4.78 is 5.76. The van der Waals surface area contributed by atoms with Gasteiger partial charge in [0.15, 0.2) is 5.90 Å². The van der Waals surface area contributed by atoms with Gasteiger partial charge in [0.2, 0.25) is 0 Å². The number of hydrogen-bond donors (Lipinski definition) is 0. The van der Waals surface area contributed by atoms with Crippen molar-refractivity contribution in [3.63, 3.8) is 0 Å². The van der Waals surface area contributed by atoms with E-state index in [9.17, 15) is 0 Å². The van der Waals surface area contributed by atoms with E-state index in [1.54, 1.807) is 0 Å². The molecule has 1 rings (SSSR count). The second kappa shape index (κ2) is 5.53. The van der Waals surface area contributed by atoms with Crippen LogP contribution in [0.1, 0.15) is 59.8 Å². The smallest absolute Gasteiger partial charge is 0.189 e. The Bertz CT molecular complexity index is 219. The fourth-order valence-corrected chi connectivity index (χ4v) is 1.89. The minimum Gasteiger partial charge on any atom is -0.478 e. The molecule has 0 saturated heterocycles. The molecule has 1 atom stereocenters. The lowest BCUT2D eigenvalue weighted by atomic mass is 9.84. The van der Waals surface area contributed by atoms with Gasteiger partial charge < -0.3 is 4.74 Å². The quantitative estimate of drug-likeness (QED) is 0.655. The molecular weight excluding hydrogens is 186 g/mol. The molecule has 0 spiro atoms. The fraction of sp³-hybridized carbons (Fsp3) is 0.923. The summed E-state index contributed by atoms with van der Waals surface area (Å²) >= 11 is 0. The summed E-state index contributed by atoms with van der Waals surface area (Å²) in [5.74, 6) is 1.01. The molecule has 1 heterocycles. The van der Waals surface area contributed by atoms with Gasteiger partial charge in [0, 0.05) is 5.41 Å². The topological polar surface area (TPSA) is 21.6 Å². The number of nitrogens with zero attached hydrogens (tertiary/aromatic N) is 1. The zero-order chi connectivity index (χ0) is 11.3. The third kappa shape index (κ3) is 2.96. The number of aliphatic imine (C=N–C) groups is 1. The Morgan fingerprint density at radius 2 is 2.00 bits per heavy atom. The van der Waals surface area contributed by atoms with Crippen molar-refractivity contribution in [3.05, 3.63) is 0 Å². The van der Waals surface area contributed by atoms with E-state index in [0.29, 0.717) is 6.04 Å². The second-order valence-corrected chi connectivity index (χ2v) is 4.81. The van der Waals surface area contributed by atoms with Crippen LogP contribution in [0.2, 0.25) is 0 Å². The number of ether oxygens (including phenoxy) is 1. The van der Waals surface area contributed by atoms with Crippen LogP contribution < -0.4 is 0 Å². The summed E-state index contributed by atoms with van der Waals surface area (Å²) in [5.41, 5.74) is 0.168. The molecule has 0 fully saturated rings. The molecule has 0 N–H and O–H groups in total. The second-order valence-electron chi connectivity index (χ2n) is 4.81. The van der Waals surface area contributed by atoms with Crippen LogP contribution in [0.4, 0.5) is 0 Å². The van der Waals surface area contributed by atoms with Crippen molar-refractivity contribution < 1.29 is 4.74 Å². The van der Waals surface area contributed by atoms with Gasteiger partial charge in [0.1, 0.15) is 6.61 Å². The third-order valence-electron chi connectivity index (χ3n) is 3.68. The van der Waals surface area contributed by atoms with Crippen LogP contribution in [0.5, 0.6) is 0 Å². The van der Waals surface area contributed by atoms with E-state index < -0.39 is 0 Å². The van der Waals surface area contributed by atoms with Gasteiger partial charge in [-0.2, -0.15) is 0 Å². The van der Waals surface area contributed by atoms with Crippen LogP contribution >= 0.6 is 0 Å². The van der Waals surface area contributed by atoms with Gasteiger partial charge in [0.05, 0.1) is 6.04 Å². The van der Waals surface area contributed by atoms with Crippen molar-refractivity contribution in [1.82, 2.24) is 0 Å². The lowest BCUT2D eigenvalue weighted by Crippen LogP contribution is -2.26. The van der Waals surface area contributed by atoms with Gasteiger partial charge in [-0.3, -0.25) is 0 Å². The van der Waals surface area contributed by atoms with E-state index in [-0.39, 0.29) is 5.41 Å². The summed E-state index contributed by atoms with van der Waals surface area (Å²) in [5, 5.41) is 0. The van der Waals surface area contributed by atoms with Crippen molar-refractivity contribution in [2.24, 2.45) is 10.4 Å². The van der Waals surface area contributed by atoms with Crippen LogP contribution in [0.3, 0.4) is 0 Å². The molecular formula is C13H25NO. The van der Waals surface area contributed by atoms with Crippen LogP contribution in [0.15, 0.2) is 4.99 Å². The highest BCUT2D eigenvalue weighted by atomic mass is 16.5. The highest BCUT2D eigenvalue weighted by Gasteiger charge is 2.33. The van der Waals surface area contributed by atoms with Crippen molar-refractivity contribution in [2.45, 2.75) is 65.8 Å². The predicted molar refractivity (Wildman–Crippen MR) is 65.4 cm³/mol. The standard InChI is InChI=1S/C13H25NO/c1-5-8-9-11-10-15-12(14-11)13(4,6-2)7-3/h11H,5-10H2,1-4H3/t11-/m0/s1. The molecule has 0 saturated carbocycles. The Morgan fingerprint density at radius 1 is 1.33 bits per heavy atom. The number of hydrogen-bond acceptors (Lipinski definition) is 2. The molecule has 0 aromatic rings. The lowest BCUT2D eigenvalue weighted by Gasteiger charge is -2.25. The van der Waals surface area contributed by atoms with Gasteiger partial charge in [-0.15, -0.1) is 0 Å². The fourth-order valence-electron chi connectivity index (χ4n) is 1.89. The zero-order valence-corrected chi connectivity index (χ0v) is 10.7. The molecule has 0 amide bonds. The summed E-state index contributed by atoms with van der Waals surface area (Å²) in [6.45, 7) is 9.73. The number of rotatable bonds is 6. The zero-order valence-electron chi connectivity index (χ0n) is 10.7. The van der Waals surface area contributed by atoms with Crippen LogP contribution in [0.25, 0.3) is 0 Å². The monoisotopic (exact) mass is 211 g/mol. The van der Waals surface area contributed by atoms with Crippen LogP contribution in [0, 0.1) is 5.41 Å². The molecule has 0 radical (unpaired) electrons. The largest absolute Gasteiger partial charge is 0.478 e. The van der Waals surface area contributed by atoms with Crippen LogP contribution in [-0.2, 0) is 4.74 Å². The first kappa shape index (κ1) is 12.5. The van der Waals surface area contributed by atoms with Gasteiger partial charge in [0.25, 0.3) is 0 Å². The molecule has 0 aromatic carbocycles. The van der Waals surface area contributed by atoms with Gasteiger partial charge in [-0.1, -0.05) is 40.5 Å². The summed E-state index contributed by atoms with van der Waals surface area (Å²) in [6, 6.07) is 0.428. The molecule has 2 heteroatoms. The van der Waals surface area contributed by atoms with Crippen molar-refractivity contribution >= 4 is 5.90 Å². The van der Waals surface area contributed by atoms with Crippen molar-refractivity contribution in [3.8, 4) is 0 Å². The van der Waals surface area contributed by atoms with Crippen LogP contribution in [-0.4, -0.2) is 18.5 Å². The highest BCUT2D eigenvalue weighted by molar-refractivity contribution is 5.83.